The molecule has 0 radical (unpaired) electrons. The van der Waals surface area contributed by atoms with Gasteiger partial charge in [-0.2, -0.15) is 0 Å². The highest BCUT2D eigenvalue weighted by Crippen LogP contribution is 2.44. The first-order valence-electron chi connectivity index (χ1n) is 15.2. The summed E-state index contributed by atoms with van der Waals surface area (Å²) in [5.41, 5.74) is 5.78. The van der Waals surface area contributed by atoms with Crippen LogP contribution in [-0.2, 0) is 11.3 Å². The standard InChI is InChI=1S/C34H36Cl2N6O5/c1-18-15-26-28(33(44)42(3)34(45)41(26)2)31(38-18)39-25-10-6-8-21(30(25)36)20-7-5-9-22(29(20)35)23-12-11-19(32(40-23)46-4)16-37-24-13-14-47-17-27(24)43/h5-12,15,24,27,33,37,43-44H,13-14,16-17H2,1-4H3,(H,38,39). The van der Waals surface area contributed by atoms with Crippen molar-refractivity contribution in [2.24, 2.45) is 0 Å². The molecule has 0 saturated carbocycles. The Morgan fingerprint density at radius 2 is 1.74 bits per heavy atom. The van der Waals surface area contributed by atoms with E-state index in [-0.39, 0.29) is 12.1 Å². The maximum absolute atomic E-state index is 12.6. The Labute approximate surface area is 283 Å². The third-order valence-electron chi connectivity index (χ3n) is 8.57. The van der Waals surface area contributed by atoms with E-state index in [1.165, 1.54) is 16.8 Å². The zero-order chi connectivity index (χ0) is 33.4. The lowest BCUT2D eigenvalue weighted by atomic mass is 10.00. The second-order valence-corrected chi connectivity index (χ2v) is 12.4. The first-order chi connectivity index (χ1) is 22.6. The second kappa shape index (κ2) is 13.6. The third-order valence-corrected chi connectivity index (χ3v) is 9.38. The molecule has 1 fully saturated rings. The highest BCUT2D eigenvalue weighted by atomic mass is 35.5. The number of nitrogens with zero attached hydrogens (tertiary/aromatic N) is 4. The van der Waals surface area contributed by atoms with Crippen molar-refractivity contribution in [3.05, 3.63) is 81.5 Å². The van der Waals surface area contributed by atoms with Gasteiger partial charge in [0.2, 0.25) is 5.88 Å². The minimum Gasteiger partial charge on any atom is -0.481 e. The van der Waals surface area contributed by atoms with Gasteiger partial charge in [-0.25, -0.2) is 14.8 Å². The molecule has 2 aliphatic heterocycles. The van der Waals surface area contributed by atoms with E-state index in [1.54, 1.807) is 20.2 Å². The number of amides is 2. The summed E-state index contributed by atoms with van der Waals surface area (Å²) in [4.78, 5) is 24.8. The first kappa shape index (κ1) is 33.0. The molecule has 6 rings (SSSR count). The molecule has 0 spiro atoms. The molecule has 1 saturated heterocycles. The monoisotopic (exact) mass is 678 g/mol. The molecule has 2 aliphatic rings. The quantitative estimate of drug-likeness (QED) is 0.180. The van der Waals surface area contributed by atoms with Crippen LogP contribution in [0.25, 0.3) is 22.4 Å². The van der Waals surface area contributed by atoms with Crippen molar-refractivity contribution in [2.75, 3.05) is 44.6 Å². The Morgan fingerprint density at radius 3 is 2.49 bits per heavy atom. The van der Waals surface area contributed by atoms with Gasteiger partial charge in [0, 0.05) is 61.2 Å². The molecule has 2 aromatic heterocycles. The smallest absolute Gasteiger partial charge is 0.326 e. The first-order valence-corrected chi connectivity index (χ1v) is 15.9. The van der Waals surface area contributed by atoms with Gasteiger partial charge in [-0.1, -0.05) is 59.6 Å². The van der Waals surface area contributed by atoms with Gasteiger partial charge >= 0.3 is 6.03 Å². The summed E-state index contributed by atoms with van der Waals surface area (Å²) in [6.45, 7) is 3.21. The van der Waals surface area contributed by atoms with Crippen LogP contribution in [0.4, 0.5) is 22.0 Å². The molecule has 2 amide bonds. The number of benzene rings is 2. The molecule has 4 N–H and O–H groups in total. The van der Waals surface area contributed by atoms with E-state index in [1.807, 2.05) is 55.5 Å². The van der Waals surface area contributed by atoms with Crippen LogP contribution in [0.1, 0.15) is 29.5 Å². The molecule has 0 aliphatic carbocycles. The number of carbonyl (C=O) groups is 1. The highest BCUT2D eigenvalue weighted by molar-refractivity contribution is 6.39. The number of urea groups is 1. The number of halogens is 2. The zero-order valence-electron chi connectivity index (χ0n) is 26.4. The number of aromatic nitrogens is 2. The van der Waals surface area contributed by atoms with Crippen LogP contribution in [0, 0.1) is 6.92 Å². The summed E-state index contributed by atoms with van der Waals surface area (Å²) in [6.07, 6.45) is -1.04. The minimum atomic E-state index is -1.20. The van der Waals surface area contributed by atoms with E-state index in [4.69, 9.17) is 37.7 Å². The Morgan fingerprint density at radius 1 is 1.02 bits per heavy atom. The van der Waals surface area contributed by atoms with Gasteiger partial charge in [0.1, 0.15) is 5.82 Å². The van der Waals surface area contributed by atoms with Crippen LogP contribution in [0.5, 0.6) is 5.88 Å². The lowest BCUT2D eigenvalue weighted by Gasteiger charge is -2.37. The molecule has 13 heteroatoms. The number of rotatable bonds is 8. The fourth-order valence-corrected chi connectivity index (χ4v) is 6.57. The van der Waals surface area contributed by atoms with E-state index in [9.17, 15) is 15.0 Å². The summed E-state index contributed by atoms with van der Waals surface area (Å²) in [5.74, 6) is 0.839. The molecule has 47 heavy (non-hydrogen) atoms. The maximum atomic E-state index is 12.6. The van der Waals surface area contributed by atoms with E-state index in [0.717, 1.165) is 12.0 Å². The number of pyridine rings is 2. The van der Waals surface area contributed by atoms with E-state index < -0.39 is 12.3 Å². The number of nitrogens with one attached hydrogen (secondary N) is 2. The number of fused-ring (bicyclic) bond motifs is 1. The van der Waals surface area contributed by atoms with Crippen LogP contribution in [0.2, 0.25) is 10.0 Å². The van der Waals surface area contributed by atoms with Gasteiger partial charge < -0.3 is 30.3 Å². The Hall–Kier alpha value is -3.97. The fourth-order valence-electron chi connectivity index (χ4n) is 5.97. The van der Waals surface area contributed by atoms with Crippen molar-refractivity contribution >= 4 is 46.4 Å². The number of hydrogen-bond donors (Lipinski definition) is 4. The number of aryl methyl sites for hydroxylation is 1. The van der Waals surface area contributed by atoms with Crippen LogP contribution < -0.4 is 20.3 Å². The number of aliphatic hydroxyl groups excluding tert-OH is 2. The fraction of sp³-hybridized carbons (Fsp3) is 0.324. The van der Waals surface area contributed by atoms with Gasteiger partial charge in [-0.05, 0) is 31.5 Å². The van der Waals surface area contributed by atoms with Crippen molar-refractivity contribution < 1.29 is 24.5 Å². The van der Waals surface area contributed by atoms with Gasteiger partial charge in [0.25, 0.3) is 0 Å². The lowest BCUT2D eigenvalue weighted by molar-refractivity contribution is -0.0281. The Kier molecular flexibility index (Phi) is 9.56. The van der Waals surface area contributed by atoms with Crippen LogP contribution in [0.3, 0.4) is 0 Å². The molecule has 4 aromatic rings. The number of anilines is 3. The number of hydrogen-bond acceptors (Lipinski definition) is 9. The minimum absolute atomic E-state index is 0.0710. The van der Waals surface area contributed by atoms with Crippen LogP contribution >= 0.6 is 23.2 Å². The third kappa shape index (κ3) is 6.34. The average molecular weight is 680 g/mol. The molecule has 2 aromatic carbocycles. The summed E-state index contributed by atoms with van der Waals surface area (Å²) in [6, 6.07) is 16.4. The van der Waals surface area contributed by atoms with Gasteiger partial charge in [-0.3, -0.25) is 9.80 Å². The van der Waals surface area contributed by atoms with Gasteiger partial charge in [0.15, 0.2) is 6.23 Å². The lowest BCUT2D eigenvalue weighted by Crippen LogP contribution is -2.46. The number of methoxy groups -OCH3 is 1. The molecular formula is C34H36Cl2N6O5. The predicted molar refractivity (Wildman–Crippen MR) is 183 cm³/mol. The average Bonchev–Trinajstić information content (AvgIpc) is 3.07. The number of ether oxygens (including phenoxy) is 2. The van der Waals surface area contributed by atoms with Crippen molar-refractivity contribution in [1.82, 2.24) is 20.2 Å². The molecule has 246 valence electrons. The van der Waals surface area contributed by atoms with Crippen molar-refractivity contribution in [3.63, 3.8) is 0 Å². The van der Waals surface area contributed by atoms with Crippen molar-refractivity contribution in [1.29, 1.82) is 0 Å². The highest BCUT2D eigenvalue weighted by Gasteiger charge is 2.35. The van der Waals surface area contributed by atoms with Gasteiger partial charge in [-0.15, -0.1) is 0 Å². The largest absolute Gasteiger partial charge is 0.481 e. The SMILES string of the molecule is COc1nc(-c2cccc(-c3cccc(Nc4nc(C)cc5c4C(O)N(C)C(=O)N5C)c3Cl)c2Cl)ccc1CNC1CCOCC1O. The molecule has 4 heterocycles. The predicted octanol–water partition coefficient (Wildman–Crippen LogP) is 5.91. The maximum Gasteiger partial charge on any atom is 0.326 e. The van der Waals surface area contributed by atoms with Crippen molar-refractivity contribution in [2.45, 2.75) is 38.3 Å². The van der Waals surface area contributed by atoms with E-state index in [0.29, 0.717) is 86.5 Å². The van der Waals surface area contributed by atoms with Gasteiger partial charge in [0.05, 0.1) is 52.5 Å². The number of carbonyl (C=O) groups excluding carboxylic acids is 1. The second-order valence-electron chi connectivity index (χ2n) is 11.6. The molecule has 3 atom stereocenters. The van der Waals surface area contributed by atoms with E-state index >= 15 is 0 Å². The van der Waals surface area contributed by atoms with E-state index in [2.05, 4.69) is 15.6 Å². The van der Waals surface area contributed by atoms with Crippen molar-refractivity contribution in [3.8, 4) is 28.3 Å². The number of aliphatic hydroxyl groups is 2. The Balaban J connectivity index is 1.30. The summed E-state index contributed by atoms with van der Waals surface area (Å²) in [5, 5.41) is 28.8. The summed E-state index contributed by atoms with van der Waals surface area (Å²) >= 11 is 14.1. The normalized spacial score (nSPS) is 19.5. The summed E-state index contributed by atoms with van der Waals surface area (Å²) < 4.78 is 11.0. The summed E-state index contributed by atoms with van der Waals surface area (Å²) in [7, 11) is 4.76. The zero-order valence-corrected chi connectivity index (χ0v) is 27.9. The van der Waals surface area contributed by atoms with Crippen LogP contribution in [-0.4, -0.2) is 77.7 Å². The molecular weight excluding hydrogens is 643 g/mol. The topological polar surface area (TPSA) is 132 Å². The van der Waals surface area contributed by atoms with Crippen LogP contribution in [0.15, 0.2) is 54.6 Å². The molecule has 11 nitrogen and oxygen atoms in total. The molecule has 0 bridgehead atoms. The molecule has 3 unspecified atom stereocenters. The Bertz CT molecular complexity index is 1820.